The fraction of sp³-hybridized carbons (Fsp3) is 0.529. The van der Waals surface area contributed by atoms with E-state index in [1.165, 1.54) is 6.42 Å². The van der Waals surface area contributed by atoms with E-state index in [0.717, 1.165) is 30.6 Å². The molecule has 23 heavy (non-hydrogen) atoms. The number of nitrogens with one attached hydrogen (secondary N) is 3. The molecule has 1 aromatic carbocycles. The quantitative estimate of drug-likeness (QED) is 0.608. The minimum atomic E-state index is -0.622. The molecule has 1 fully saturated rings. The van der Waals surface area contributed by atoms with Gasteiger partial charge in [0.05, 0.1) is 12.5 Å². The lowest BCUT2D eigenvalue weighted by atomic mass is 9.98. The fourth-order valence-corrected chi connectivity index (χ4v) is 3.02. The molecule has 1 aromatic rings. The summed E-state index contributed by atoms with van der Waals surface area (Å²) < 4.78 is 0. The van der Waals surface area contributed by atoms with E-state index in [-0.39, 0.29) is 12.3 Å². The van der Waals surface area contributed by atoms with Crippen LogP contribution in [-0.4, -0.2) is 31.6 Å². The molecule has 1 aliphatic rings. The van der Waals surface area contributed by atoms with Gasteiger partial charge in [0.2, 0.25) is 5.91 Å². The molecular formula is C17H26N4O2. The van der Waals surface area contributed by atoms with Gasteiger partial charge in [-0.25, -0.2) is 4.79 Å². The van der Waals surface area contributed by atoms with Crippen molar-refractivity contribution in [3.8, 4) is 0 Å². The van der Waals surface area contributed by atoms with E-state index in [1.807, 2.05) is 31.2 Å². The van der Waals surface area contributed by atoms with E-state index in [0.29, 0.717) is 12.5 Å². The number of rotatable bonds is 7. The summed E-state index contributed by atoms with van der Waals surface area (Å²) in [5.74, 6) is 0.573. The molecule has 126 valence electrons. The number of hydrogen-bond donors (Lipinski definition) is 4. The number of carbonyl (C=O) groups excluding carboxylic acids is 2. The van der Waals surface area contributed by atoms with Gasteiger partial charge in [0.15, 0.2) is 0 Å². The molecule has 1 saturated heterocycles. The molecule has 6 nitrogen and oxygen atoms in total. The van der Waals surface area contributed by atoms with E-state index < -0.39 is 12.1 Å². The third-order valence-electron chi connectivity index (χ3n) is 4.31. The maximum atomic E-state index is 12.2. The van der Waals surface area contributed by atoms with Gasteiger partial charge in [-0.1, -0.05) is 24.3 Å². The highest BCUT2D eigenvalue weighted by molar-refractivity contribution is 5.78. The topological polar surface area (TPSA) is 96.2 Å². The van der Waals surface area contributed by atoms with Gasteiger partial charge in [-0.05, 0) is 49.9 Å². The van der Waals surface area contributed by atoms with Crippen molar-refractivity contribution in [3.63, 3.8) is 0 Å². The maximum absolute atomic E-state index is 12.2. The number of carbonyl (C=O) groups is 2. The third-order valence-corrected chi connectivity index (χ3v) is 4.31. The highest BCUT2D eigenvalue weighted by atomic mass is 16.2. The van der Waals surface area contributed by atoms with Gasteiger partial charge < -0.3 is 21.7 Å². The zero-order valence-electron chi connectivity index (χ0n) is 13.6. The summed E-state index contributed by atoms with van der Waals surface area (Å²) >= 11 is 0. The van der Waals surface area contributed by atoms with Crippen molar-refractivity contribution in [2.24, 2.45) is 11.7 Å². The normalized spacial score (nSPS) is 18.4. The lowest BCUT2D eigenvalue weighted by molar-refractivity contribution is -0.121. The van der Waals surface area contributed by atoms with Crippen molar-refractivity contribution in [1.29, 1.82) is 0 Å². The first kappa shape index (κ1) is 17.3. The standard InChI is InChI=1S/C17H26N4O2/c1-12-4-2-3-5-14(12)15(21-17(18)23)10-16(22)20-9-7-13-6-8-19-11-13/h2-5,13,15,19H,6-11H2,1H3,(H,20,22)(H3,18,21,23). The van der Waals surface area contributed by atoms with Crippen molar-refractivity contribution >= 4 is 11.9 Å². The Morgan fingerprint density at radius 3 is 2.83 bits per heavy atom. The van der Waals surface area contributed by atoms with Crippen LogP contribution in [0.3, 0.4) is 0 Å². The molecule has 0 radical (unpaired) electrons. The first-order valence-corrected chi connectivity index (χ1v) is 8.15. The summed E-state index contributed by atoms with van der Waals surface area (Å²) in [6.45, 7) is 4.72. The summed E-state index contributed by atoms with van der Waals surface area (Å²) in [6, 6.07) is 6.66. The predicted octanol–water partition coefficient (Wildman–Crippen LogP) is 1.21. The number of hydrogen-bond acceptors (Lipinski definition) is 3. The number of benzene rings is 1. The van der Waals surface area contributed by atoms with Crippen LogP contribution >= 0.6 is 0 Å². The van der Waals surface area contributed by atoms with Gasteiger partial charge >= 0.3 is 6.03 Å². The number of urea groups is 1. The molecule has 2 atom stereocenters. The molecular weight excluding hydrogens is 292 g/mol. The zero-order chi connectivity index (χ0) is 16.7. The SMILES string of the molecule is Cc1ccccc1C(CC(=O)NCCC1CCNC1)NC(N)=O. The second-order valence-electron chi connectivity index (χ2n) is 6.12. The van der Waals surface area contributed by atoms with Gasteiger partial charge in [0.1, 0.15) is 0 Å². The average Bonchev–Trinajstić information content (AvgIpc) is 3.00. The van der Waals surface area contributed by atoms with Crippen LogP contribution in [-0.2, 0) is 4.79 Å². The summed E-state index contributed by atoms with van der Waals surface area (Å²) in [7, 11) is 0. The van der Waals surface area contributed by atoms with Crippen molar-refractivity contribution in [2.45, 2.75) is 32.2 Å². The van der Waals surface area contributed by atoms with Crippen LogP contribution in [0.1, 0.15) is 36.4 Å². The molecule has 0 saturated carbocycles. The van der Waals surface area contributed by atoms with Crippen LogP contribution in [0.2, 0.25) is 0 Å². The molecule has 0 bridgehead atoms. The Morgan fingerprint density at radius 2 is 2.17 bits per heavy atom. The molecule has 1 heterocycles. The molecule has 0 aliphatic carbocycles. The van der Waals surface area contributed by atoms with Gasteiger partial charge in [0, 0.05) is 6.54 Å². The molecule has 0 aromatic heterocycles. The summed E-state index contributed by atoms with van der Waals surface area (Å²) in [5.41, 5.74) is 7.19. The number of primary amides is 1. The molecule has 1 aliphatic heterocycles. The highest BCUT2D eigenvalue weighted by Crippen LogP contribution is 2.20. The molecule has 2 rings (SSSR count). The molecule has 5 N–H and O–H groups in total. The van der Waals surface area contributed by atoms with Gasteiger partial charge in [-0.2, -0.15) is 0 Å². The molecule has 2 unspecified atom stereocenters. The van der Waals surface area contributed by atoms with E-state index >= 15 is 0 Å². The Labute approximate surface area is 137 Å². The minimum Gasteiger partial charge on any atom is -0.356 e. The Morgan fingerprint density at radius 1 is 1.39 bits per heavy atom. The smallest absolute Gasteiger partial charge is 0.312 e. The average molecular weight is 318 g/mol. The third kappa shape index (κ3) is 5.56. The van der Waals surface area contributed by atoms with Gasteiger partial charge in [0.25, 0.3) is 0 Å². The first-order chi connectivity index (χ1) is 11.1. The van der Waals surface area contributed by atoms with E-state index in [1.54, 1.807) is 0 Å². The van der Waals surface area contributed by atoms with Crippen LogP contribution in [0.4, 0.5) is 4.79 Å². The van der Waals surface area contributed by atoms with E-state index in [9.17, 15) is 9.59 Å². The van der Waals surface area contributed by atoms with Crippen molar-refractivity contribution in [2.75, 3.05) is 19.6 Å². The Kier molecular flexibility index (Phi) is 6.40. The summed E-state index contributed by atoms with van der Waals surface area (Å²) in [4.78, 5) is 23.4. The molecule has 0 spiro atoms. The van der Waals surface area contributed by atoms with Crippen LogP contribution in [0.5, 0.6) is 0 Å². The van der Waals surface area contributed by atoms with Crippen LogP contribution < -0.4 is 21.7 Å². The second kappa shape index (κ2) is 8.53. The minimum absolute atomic E-state index is 0.0713. The van der Waals surface area contributed by atoms with Crippen LogP contribution in [0, 0.1) is 12.8 Å². The Hall–Kier alpha value is -2.08. The van der Waals surface area contributed by atoms with Crippen molar-refractivity contribution < 1.29 is 9.59 Å². The zero-order valence-corrected chi connectivity index (χ0v) is 13.6. The summed E-state index contributed by atoms with van der Waals surface area (Å²) in [5, 5.41) is 8.93. The van der Waals surface area contributed by atoms with Crippen molar-refractivity contribution in [3.05, 3.63) is 35.4 Å². The maximum Gasteiger partial charge on any atom is 0.312 e. The molecule has 3 amide bonds. The largest absolute Gasteiger partial charge is 0.356 e. The first-order valence-electron chi connectivity index (χ1n) is 8.15. The van der Waals surface area contributed by atoms with Crippen molar-refractivity contribution in [1.82, 2.24) is 16.0 Å². The Bertz CT molecular complexity index is 541. The van der Waals surface area contributed by atoms with Gasteiger partial charge in [-0.15, -0.1) is 0 Å². The number of amides is 3. The monoisotopic (exact) mass is 318 g/mol. The number of nitrogens with two attached hydrogens (primary N) is 1. The summed E-state index contributed by atoms with van der Waals surface area (Å²) in [6.07, 6.45) is 2.35. The lowest BCUT2D eigenvalue weighted by Gasteiger charge is -2.20. The van der Waals surface area contributed by atoms with Crippen LogP contribution in [0.25, 0.3) is 0 Å². The van der Waals surface area contributed by atoms with E-state index in [2.05, 4.69) is 16.0 Å². The fourth-order valence-electron chi connectivity index (χ4n) is 3.02. The molecule has 6 heteroatoms. The predicted molar refractivity (Wildman–Crippen MR) is 89.9 cm³/mol. The highest BCUT2D eigenvalue weighted by Gasteiger charge is 2.19. The number of aryl methyl sites for hydroxylation is 1. The Balaban J connectivity index is 1.87. The van der Waals surface area contributed by atoms with Crippen LogP contribution in [0.15, 0.2) is 24.3 Å². The second-order valence-corrected chi connectivity index (χ2v) is 6.12. The lowest BCUT2D eigenvalue weighted by Crippen LogP contribution is -2.37. The van der Waals surface area contributed by atoms with E-state index in [4.69, 9.17) is 5.73 Å². The van der Waals surface area contributed by atoms with Gasteiger partial charge in [-0.3, -0.25) is 4.79 Å².